The Bertz CT molecular complexity index is 726. The Kier molecular flexibility index (Phi) is 3.38. The van der Waals surface area contributed by atoms with Gasteiger partial charge in [-0.2, -0.15) is 5.10 Å². The second-order valence-corrected chi connectivity index (χ2v) is 5.31. The third-order valence-corrected chi connectivity index (χ3v) is 3.43. The Morgan fingerprint density at radius 3 is 2.40 bits per heavy atom. The van der Waals surface area contributed by atoms with Gasteiger partial charge in [0, 0.05) is 6.42 Å². The number of aromatic nitrogens is 2. The van der Waals surface area contributed by atoms with Gasteiger partial charge < -0.3 is 0 Å². The molecule has 0 aliphatic rings. The number of aryl methyl sites for hydroxylation is 2. The summed E-state index contributed by atoms with van der Waals surface area (Å²) in [5.74, 6) is 0. The summed E-state index contributed by atoms with van der Waals surface area (Å²) in [6.45, 7) is 4.22. The van der Waals surface area contributed by atoms with Gasteiger partial charge in [-0.3, -0.25) is 5.10 Å². The van der Waals surface area contributed by atoms with Crippen LogP contribution in [0.4, 0.5) is 0 Å². The predicted molar refractivity (Wildman–Crippen MR) is 82.7 cm³/mol. The molecule has 0 fully saturated rings. The van der Waals surface area contributed by atoms with Gasteiger partial charge in [0.05, 0.1) is 11.4 Å². The number of hydrogen-bond acceptors (Lipinski definition) is 1. The molecule has 0 aliphatic heterocycles. The van der Waals surface area contributed by atoms with Crippen molar-refractivity contribution in [3.05, 3.63) is 77.0 Å². The lowest BCUT2D eigenvalue weighted by molar-refractivity contribution is 0.997. The molecule has 0 unspecified atom stereocenters. The van der Waals surface area contributed by atoms with Crippen molar-refractivity contribution in [2.24, 2.45) is 0 Å². The van der Waals surface area contributed by atoms with E-state index in [1.807, 2.05) is 0 Å². The molecule has 0 bridgehead atoms. The fourth-order valence-corrected chi connectivity index (χ4v) is 2.45. The highest BCUT2D eigenvalue weighted by Crippen LogP contribution is 2.20. The van der Waals surface area contributed by atoms with E-state index in [1.165, 1.54) is 22.3 Å². The van der Waals surface area contributed by atoms with Gasteiger partial charge in [-0.15, -0.1) is 0 Å². The molecule has 2 heteroatoms. The number of benzene rings is 2. The van der Waals surface area contributed by atoms with Gasteiger partial charge in [-0.25, -0.2) is 0 Å². The van der Waals surface area contributed by atoms with Gasteiger partial charge in [-0.05, 0) is 37.1 Å². The number of aromatic amines is 1. The minimum absolute atomic E-state index is 0.865. The minimum atomic E-state index is 0.865. The maximum Gasteiger partial charge on any atom is 0.0672 e. The number of nitrogens with one attached hydrogen (secondary N) is 1. The number of hydrogen-bond donors (Lipinski definition) is 1. The monoisotopic (exact) mass is 262 g/mol. The molecule has 2 nitrogen and oxygen atoms in total. The van der Waals surface area contributed by atoms with E-state index in [4.69, 9.17) is 0 Å². The Labute approximate surface area is 119 Å². The maximum atomic E-state index is 4.42. The maximum absolute atomic E-state index is 4.42. The molecule has 0 radical (unpaired) electrons. The summed E-state index contributed by atoms with van der Waals surface area (Å²) in [6.07, 6.45) is 0.865. The second kappa shape index (κ2) is 5.33. The highest BCUT2D eigenvalue weighted by atomic mass is 15.1. The van der Waals surface area contributed by atoms with E-state index in [-0.39, 0.29) is 0 Å². The molecule has 0 spiro atoms. The van der Waals surface area contributed by atoms with E-state index in [0.717, 1.165) is 17.8 Å². The average Bonchev–Trinajstić information content (AvgIpc) is 2.87. The Hall–Kier alpha value is -2.35. The largest absolute Gasteiger partial charge is 0.278 e. The van der Waals surface area contributed by atoms with Crippen LogP contribution in [0.1, 0.15) is 22.4 Å². The summed E-state index contributed by atoms with van der Waals surface area (Å²) in [5, 5.41) is 7.56. The van der Waals surface area contributed by atoms with Crippen molar-refractivity contribution in [3.8, 4) is 11.3 Å². The first-order valence-electron chi connectivity index (χ1n) is 6.87. The molecule has 20 heavy (non-hydrogen) atoms. The van der Waals surface area contributed by atoms with E-state index in [9.17, 15) is 0 Å². The van der Waals surface area contributed by atoms with Crippen LogP contribution in [0.15, 0.2) is 54.6 Å². The van der Waals surface area contributed by atoms with Crippen LogP contribution >= 0.6 is 0 Å². The van der Waals surface area contributed by atoms with Gasteiger partial charge in [0.25, 0.3) is 0 Å². The van der Waals surface area contributed by atoms with E-state index in [2.05, 4.69) is 78.6 Å². The van der Waals surface area contributed by atoms with Crippen molar-refractivity contribution in [1.82, 2.24) is 10.2 Å². The normalized spacial score (nSPS) is 10.7. The summed E-state index contributed by atoms with van der Waals surface area (Å²) in [6, 6.07) is 19.2. The minimum Gasteiger partial charge on any atom is -0.278 e. The zero-order chi connectivity index (χ0) is 13.9. The first kappa shape index (κ1) is 12.7. The van der Waals surface area contributed by atoms with Crippen LogP contribution in [0.5, 0.6) is 0 Å². The van der Waals surface area contributed by atoms with Crippen molar-refractivity contribution < 1.29 is 0 Å². The number of H-pyrrole nitrogens is 1. The van der Waals surface area contributed by atoms with Gasteiger partial charge >= 0.3 is 0 Å². The zero-order valence-corrected chi connectivity index (χ0v) is 11.9. The van der Waals surface area contributed by atoms with E-state index >= 15 is 0 Å². The van der Waals surface area contributed by atoms with Crippen LogP contribution in [-0.2, 0) is 6.42 Å². The van der Waals surface area contributed by atoms with Crippen LogP contribution in [0.3, 0.4) is 0 Å². The average molecular weight is 262 g/mol. The number of nitrogens with zero attached hydrogens (tertiary/aromatic N) is 1. The van der Waals surface area contributed by atoms with Crippen LogP contribution in [0, 0.1) is 13.8 Å². The zero-order valence-electron chi connectivity index (χ0n) is 11.9. The molecule has 1 N–H and O–H groups in total. The fourth-order valence-electron chi connectivity index (χ4n) is 2.45. The summed E-state index contributed by atoms with van der Waals surface area (Å²) in [5.41, 5.74) is 7.19. The van der Waals surface area contributed by atoms with Gasteiger partial charge in [0.1, 0.15) is 0 Å². The molecule has 0 aliphatic carbocycles. The quantitative estimate of drug-likeness (QED) is 0.749. The molecule has 2 aromatic carbocycles. The van der Waals surface area contributed by atoms with E-state index in [0.29, 0.717) is 0 Å². The molecule has 0 saturated heterocycles. The molecule has 1 aromatic heterocycles. The molecule has 3 aromatic rings. The molecule has 0 atom stereocenters. The van der Waals surface area contributed by atoms with Crippen molar-refractivity contribution in [2.75, 3.05) is 0 Å². The molecule has 0 amide bonds. The lowest BCUT2D eigenvalue weighted by atomic mass is 10.1. The molecule has 3 rings (SSSR count). The Morgan fingerprint density at radius 2 is 1.65 bits per heavy atom. The van der Waals surface area contributed by atoms with Gasteiger partial charge in [-0.1, -0.05) is 53.6 Å². The highest BCUT2D eigenvalue weighted by Gasteiger charge is 2.05. The molecular weight excluding hydrogens is 244 g/mol. The first-order valence-corrected chi connectivity index (χ1v) is 6.87. The van der Waals surface area contributed by atoms with E-state index < -0.39 is 0 Å². The predicted octanol–water partition coefficient (Wildman–Crippen LogP) is 4.28. The molecule has 0 saturated carbocycles. The Balaban J connectivity index is 1.84. The summed E-state index contributed by atoms with van der Waals surface area (Å²) in [4.78, 5) is 0. The second-order valence-electron chi connectivity index (χ2n) is 5.31. The standard InChI is InChI=1S/C18H18N2/c1-13-5-3-7-15(9-13)11-17-12-18(20-19-17)16-8-4-6-14(2)10-16/h3-10,12H,11H2,1-2H3,(H,19,20). The van der Waals surface area contributed by atoms with Crippen LogP contribution in [0.2, 0.25) is 0 Å². The lowest BCUT2D eigenvalue weighted by Crippen LogP contribution is -1.88. The van der Waals surface area contributed by atoms with Crippen LogP contribution < -0.4 is 0 Å². The van der Waals surface area contributed by atoms with Crippen molar-refractivity contribution >= 4 is 0 Å². The third-order valence-electron chi connectivity index (χ3n) is 3.43. The third kappa shape index (κ3) is 2.80. The summed E-state index contributed by atoms with van der Waals surface area (Å²) < 4.78 is 0. The SMILES string of the molecule is Cc1cccc(Cc2cc(-c3cccc(C)c3)[nH]n2)c1. The smallest absolute Gasteiger partial charge is 0.0672 e. The van der Waals surface area contributed by atoms with Crippen molar-refractivity contribution in [3.63, 3.8) is 0 Å². The highest BCUT2D eigenvalue weighted by molar-refractivity contribution is 5.60. The molecule has 1 heterocycles. The van der Waals surface area contributed by atoms with Crippen molar-refractivity contribution in [2.45, 2.75) is 20.3 Å². The van der Waals surface area contributed by atoms with E-state index in [1.54, 1.807) is 0 Å². The topological polar surface area (TPSA) is 28.7 Å². The molecular formula is C18H18N2. The van der Waals surface area contributed by atoms with Gasteiger partial charge in [0.15, 0.2) is 0 Å². The van der Waals surface area contributed by atoms with Crippen molar-refractivity contribution in [1.29, 1.82) is 0 Å². The summed E-state index contributed by atoms with van der Waals surface area (Å²) in [7, 11) is 0. The lowest BCUT2D eigenvalue weighted by Gasteiger charge is -1.99. The number of rotatable bonds is 3. The Morgan fingerprint density at radius 1 is 0.900 bits per heavy atom. The fraction of sp³-hybridized carbons (Fsp3) is 0.167. The molecule has 100 valence electrons. The summed E-state index contributed by atoms with van der Waals surface area (Å²) >= 11 is 0. The van der Waals surface area contributed by atoms with Crippen LogP contribution in [0.25, 0.3) is 11.3 Å². The first-order chi connectivity index (χ1) is 9.70. The van der Waals surface area contributed by atoms with Gasteiger partial charge in [0.2, 0.25) is 0 Å². The van der Waals surface area contributed by atoms with Crippen LogP contribution in [-0.4, -0.2) is 10.2 Å².